The van der Waals surface area contributed by atoms with Crippen molar-refractivity contribution in [1.29, 1.82) is 0 Å². The molecular weight excluding hydrogens is 340 g/mol. The quantitative estimate of drug-likeness (QED) is 0.867. The predicted octanol–water partition coefficient (Wildman–Crippen LogP) is 1.81. The third-order valence-corrected chi connectivity index (χ3v) is 5.18. The number of nitrogens with one attached hydrogen (secondary N) is 1. The van der Waals surface area contributed by atoms with Gasteiger partial charge in [0.05, 0.1) is 30.8 Å². The zero-order valence-electron chi connectivity index (χ0n) is 12.4. The lowest BCUT2D eigenvalue weighted by Crippen LogP contribution is -2.36. The van der Waals surface area contributed by atoms with Gasteiger partial charge in [-0.15, -0.1) is 11.3 Å². The number of carboxylic acids is 1. The van der Waals surface area contributed by atoms with Crippen LogP contribution in [0.1, 0.15) is 9.67 Å². The molecule has 0 amide bonds. The molecule has 2 N–H and O–H groups in total. The highest BCUT2D eigenvalue weighted by Crippen LogP contribution is 2.39. The number of rotatable bonds is 4. The summed E-state index contributed by atoms with van der Waals surface area (Å²) in [5.41, 5.74) is 1.16. The minimum atomic E-state index is -3.44. The zero-order chi connectivity index (χ0) is 16.6. The van der Waals surface area contributed by atoms with E-state index in [0.29, 0.717) is 37.7 Å². The van der Waals surface area contributed by atoms with Crippen LogP contribution in [0.15, 0.2) is 18.2 Å². The molecule has 2 aromatic rings. The maximum Gasteiger partial charge on any atom is 0.345 e. The Morgan fingerprint density at radius 3 is 2.65 bits per heavy atom. The molecule has 2 heterocycles. The van der Waals surface area contributed by atoms with Gasteiger partial charge in [0.1, 0.15) is 4.88 Å². The van der Waals surface area contributed by atoms with Crippen molar-refractivity contribution in [3.8, 4) is 0 Å². The smallest absolute Gasteiger partial charge is 0.345 e. The van der Waals surface area contributed by atoms with Crippen LogP contribution in [0.2, 0.25) is 0 Å². The van der Waals surface area contributed by atoms with Crippen LogP contribution < -0.4 is 9.62 Å². The van der Waals surface area contributed by atoms with E-state index < -0.39 is 16.0 Å². The molecular formula is C14H16N2O5S2. The minimum Gasteiger partial charge on any atom is -0.477 e. The molecule has 0 bridgehead atoms. The van der Waals surface area contributed by atoms with Gasteiger partial charge < -0.3 is 14.7 Å². The molecule has 3 rings (SSSR count). The first-order valence-corrected chi connectivity index (χ1v) is 9.66. The lowest BCUT2D eigenvalue weighted by molar-refractivity contribution is 0.0702. The topological polar surface area (TPSA) is 95.9 Å². The molecule has 1 fully saturated rings. The summed E-state index contributed by atoms with van der Waals surface area (Å²) in [7, 11) is -3.44. The monoisotopic (exact) mass is 356 g/mol. The minimum absolute atomic E-state index is 0.228. The SMILES string of the molecule is CS(=O)(=O)Nc1ccc2sc(C(=O)O)cc2c1N1CCOCC1. The Bertz CT molecular complexity index is 853. The van der Waals surface area contributed by atoms with Crippen molar-refractivity contribution >= 4 is 48.8 Å². The summed E-state index contributed by atoms with van der Waals surface area (Å²) in [4.78, 5) is 13.5. The molecule has 1 saturated heterocycles. The van der Waals surface area contributed by atoms with E-state index in [4.69, 9.17) is 4.74 Å². The summed E-state index contributed by atoms with van der Waals surface area (Å²) < 4.78 is 32.0. The van der Waals surface area contributed by atoms with E-state index in [9.17, 15) is 18.3 Å². The molecule has 0 unspecified atom stereocenters. The van der Waals surface area contributed by atoms with Crippen molar-refractivity contribution in [3.63, 3.8) is 0 Å². The summed E-state index contributed by atoms with van der Waals surface area (Å²) >= 11 is 1.18. The van der Waals surface area contributed by atoms with E-state index in [1.807, 2.05) is 4.90 Å². The van der Waals surface area contributed by atoms with Crippen molar-refractivity contribution in [2.24, 2.45) is 0 Å². The summed E-state index contributed by atoms with van der Waals surface area (Å²) in [6, 6.07) is 5.01. The molecule has 124 valence electrons. The number of ether oxygens (including phenoxy) is 1. The third kappa shape index (κ3) is 3.41. The van der Waals surface area contributed by atoms with E-state index >= 15 is 0 Å². The molecule has 9 heteroatoms. The number of hydrogen-bond acceptors (Lipinski definition) is 6. The largest absolute Gasteiger partial charge is 0.477 e. The highest BCUT2D eigenvalue weighted by molar-refractivity contribution is 7.92. The zero-order valence-corrected chi connectivity index (χ0v) is 14.0. The van der Waals surface area contributed by atoms with Gasteiger partial charge in [-0.05, 0) is 18.2 Å². The molecule has 1 aromatic heterocycles. The fourth-order valence-corrected chi connectivity index (χ4v) is 4.08. The third-order valence-electron chi connectivity index (χ3n) is 3.51. The van der Waals surface area contributed by atoms with Crippen LogP contribution in [0.3, 0.4) is 0 Å². The Morgan fingerprint density at radius 1 is 1.35 bits per heavy atom. The molecule has 0 aliphatic carbocycles. The Hall–Kier alpha value is -1.84. The second-order valence-corrected chi connectivity index (χ2v) is 8.10. The summed E-state index contributed by atoms with van der Waals surface area (Å²) in [6.45, 7) is 2.33. The Labute approximate surface area is 137 Å². The molecule has 0 radical (unpaired) electrons. The molecule has 7 nitrogen and oxygen atoms in total. The van der Waals surface area contributed by atoms with Gasteiger partial charge in [-0.2, -0.15) is 0 Å². The number of carboxylic acid groups (broad SMARTS) is 1. The number of nitrogens with zero attached hydrogens (tertiary/aromatic N) is 1. The molecule has 0 spiro atoms. The molecule has 0 saturated carbocycles. The maximum absolute atomic E-state index is 11.6. The lowest BCUT2D eigenvalue weighted by atomic mass is 10.1. The second-order valence-electron chi connectivity index (χ2n) is 5.26. The number of fused-ring (bicyclic) bond motifs is 1. The van der Waals surface area contributed by atoms with Gasteiger partial charge >= 0.3 is 5.97 Å². The molecule has 1 aliphatic heterocycles. The number of morpholine rings is 1. The number of hydrogen-bond donors (Lipinski definition) is 2. The van der Waals surface area contributed by atoms with Crippen LogP contribution in [0.5, 0.6) is 0 Å². The van der Waals surface area contributed by atoms with Gasteiger partial charge in [0, 0.05) is 23.2 Å². The van der Waals surface area contributed by atoms with E-state index in [0.717, 1.165) is 16.3 Å². The average molecular weight is 356 g/mol. The number of thiophene rings is 1. The Balaban J connectivity index is 2.19. The molecule has 1 aliphatic rings. The molecule has 1 aromatic carbocycles. The number of anilines is 2. The van der Waals surface area contributed by atoms with E-state index in [1.165, 1.54) is 11.3 Å². The highest BCUT2D eigenvalue weighted by atomic mass is 32.2. The van der Waals surface area contributed by atoms with Gasteiger partial charge in [-0.3, -0.25) is 4.72 Å². The van der Waals surface area contributed by atoms with Gasteiger partial charge in [-0.25, -0.2) is 13.2 Å². The summed E-state index contributed by atoms with van der Waals surface area (Å²) in [6.07, 6.45) is 1.09. The fourth-order valence-electron chi connectivity index (χ4n) is 2.61. The predicted molar refractivity (Wildman–Crippen MR) is 90.3 cm³/mol. The normalized spacial score (nSPS) is 15.8. The summed E-state index contributed by atoms with van der Waals surface area (Å²) in [5, 5.41) is 9.95. The Kier molecular flexibility index (Phi) is 4.17. The first kappa shape index (κ1) is 16.0. The van der Waals surface area contributed by atoms with Crippen LogP contribution in [0.4, 0.5) is 11.4 Å². The number of carbonyl (C=O) groups is 1. The number of aromatic carboxylic acids is 1. The lowest BCUT2D eigenvalue weighted by Gasteiger charge is -2.31. The standard InChI is InChI=1S/C14H16N2O5S2/c1-23(19,20)15-10-2-3-11-9(8-12(22-11)14(17)18)13(10)16-4-6-21-7-5-16/h2-3,8,15H,4-7H2,1H3,(H,17,18). The molecule has 0 atom stereocenters. The number of sulfonamides is 1. The van der Waals surface area contributed by atoms with Crippen molar-refractivity contribution in [3.05, 3.63) is 23.1 Å². The van der Waals surface area contributed by atoms with Crippen LogP contribution >= 0.6 is 11.3 Å². The maximum atomic E-state index is 11.6. The van der Waals surface area contributed by atoms with Gasteiger partial charge in [0.25, 0.3) is 0 Å². The fraction of sp³-hybridized carbons (Fsp3) is 0.357. The van der Waals surface area contributed by atoms with Crippen LogP contribution in [0.25, 0.3) is 10.1 Å². The van der Waals surface area contributed by atoms with Gasteiger partial charge in [0.15, 0.2) is 0 Å². The second kappa shape index (κ2) is 5.99. The first-order valence-electron chi connectivity index (χ1n) is 6.95. The average Bonchev–Trinajstić information content (AvgIpc) is 2.90. The van der Waals surface area contributed by atoms with E-state index in [-0.39, 0.29) is 4.88 Å². The highest BCUT2D eigenvalue weighted by Gasteiger charge is 2.21. The number of benzene rings is 1. The van der Waals surface area contributed by atoms with Crippen molar-refractivity contribution in [1.82, 2.24) is 0 Å². The summed E-state index contributed by atoms with van der Waals surface area (Å²) in [5.74, 6) is -0.989. The van der Waals surface area contributed by atoms with E-state index in [1.54, 1.807) is 18.2 Å². The van der Waals surface area contributed by atoms with Crippen LogP contribution in [0, 0.1) is 0 Å². The van der Waals surface area contributed by atoms with Gasteiger partial charge in [-0.1, -0.05) is 0 Å². The molecule has 23 heavy (non-hydrogen) atoms. The van der Waals surface area contributed by atoms with Crippen molar-refractivity contribution in [2.45, 2.75) is 0 Å². The van der Waals surface area contributed by atoms with Crippen LogP contribution in [-0.2, 0) is 14.8 Å². The first-order chi connectivity index (χ1) is 10.8. The van der Waals surface area contributed by atoms with Gasteiger partial charge in [0.2, 0.25) is 10.0 Å². The van der Waals surface area contributed by atoms with Crippen molar-refractivity contribution < 1.29 is 23.1 Å². The van der Waals surface area contributed by atoms with E-state index in [2.05, 4.69) is 4.72 Å². The van der Waals surface area contributed by atoms with Crippen LogP contribution in [-0.4, -0.2) is 52.1 Å². The Morgan fingerprint density at radius 2 is 2.04 bits per heavy atom. The van der Waals surface area contributed by atoms with Crippen molar-refractivity contribution in [2.75, 3.05) is 42.2 Å².